The third-order valence-corrected chi connectivity index (χ3v) is 7.25. The van der Waals surface area contributed by atoms with Crippen molar-refractivity contribution in [1.82, 2.24) is 0 Å². The van der Waals surface area contributed by atoms with Gasteiger partial charge in [0.25, 0.3) is 0 Å². The first kappa shape index (κ1) is 20.5. The van der Waals surface area contributed by atoms with Crippen LogP contribution in [0.3, 0.4) is 0 Å². The van der Waals surface area contributed by atoms with Gasteiger partial charge in [0.2, 0.25) is 0 Å². The molecule has 1 atom stereocenters. The standard InChI is InChI=1S/C24H27O3P/c1-3-26-28(25,27-4-2)24(22-18-12-7-13-19-22)23(20-14-8-5-9-15-20)21-16-10-6-11-17-21/h5-19,23-24H,3-4H2,1-2H3/t24-/m1/s1. The van der Waals surface area contributed by atoms with E-state index in [1.165, 1.54) is 0 Å². The molecule has 0 aliphatic carbocycles. The van der Waals surface area contributed by atoms with Crippen LogP contribution in [0.1, 0.15) is 42.1 Å². The van der Waals surface area contributed by atoms with Crippen molar-refractivity contribution < 1.29 is 13.6 Å². The summed E-state index contributed by atoms with van der Waals surface area (Å²) in [6, 6.07) is 30.3. The number of rotatable bonds is 9. The normalized spacial score (nSPS) is 12.8. The van der Waals surface area contributed by atoms with Gasteiger partial charge >= 0.3 is 7.60 Å². The summed E-state index contributed by atoms with van der Waals surface area (Å²) in [5, 5.41) is 0. The minimum atomic E-state index is -3.44. The average Bonchev–Trinajstić information content (AvgIpc) is 2.74. The van der Waals surface area contributed by atoms with Gasteiger partial charge in [0, 0.05) is 5.92 Å². The zero-order valence-corrected chi connectivity index (χ0v) is 17.3. The van der Waals surface area contributed by atoms with Gasteiger partial charge in [-0.15, -0.1) is 0 Å². The Morgan fingerprint density at radius 2 is 1.00 bits per heavy atom. The number of hydrogen-bond donors (Lipinski definition) is 0. The molecule has 3 aromatic carbocycles. The summed E-state index contributed by atoms with van der Waals surface area (Å²) in [5.74, 6) is -0.159. The summed E-state index contributed by atoms with van der Waals surface area (Å²) >= 11 is 0. The Morgan fingerprint density at radius 3 is 1.36 bits per heavy atom. The quantitative estimate of drug-likeness (QED) is 0.373. The maximum Gasteiger partial charge on any atom is 0.339 e. The molecule has 28 heavy (non-hydrogen) atoms. The topological polar surface area (TPSA) is 35.5 Å². The van der Waals surface area contributed by atoms with Crippen molar-refractivity contribution in [3.05, 3.63) is 108 Å². The lowest BCUT2D eigenvalue weighted by molar-refractivity contribution is 0.210. The molecule has 0 saturated carbocycles. The van der Waals surface area contributed by atoms with Crippen molar-refractivity contribution in [1.29, 1.82) is 0 Å². The molecule has 0 N–H and O–H groups in total. The Morgan fingerprint density at radius 1 is 0.643 bits per heavy atom. The van der Waals surface area contributed by atoms with Crippen LogP contribution in [0.15, 0.2) is 91.0 Å². The van der Waals surface area contributed by atoms with Gasteiger partial charge in [0.05, 0.1) is 18.9 Å². The summed E-state index contributed by atoms with van der Waals surface area (Å²) < 4.78 is 25.7. The van der Waals surface area contributed by atoms with Crippen molar-refractivity contribution >= 4 is 7.60 Å². The van der Waals surface area contributed by atoms with E-state index in [-0.39, 0.29) is 5.92 Å². The monoisotopic (exact) mass is 394 g/mol. The Labute approximate surface area is 167 Å². The summed E-state index contributed by atoms with van der Waals surface area (Å²) in [5.41, 5.74) is 2.67. The zero-order valence-electron chi connectivity index (χ0n) is 16.4. The van der Waals surface area contributed by atoms with E-state index in [9.17, 15) is 4.57 Å². The zero-order chi connectivity index (χ0) is 19.8. The highest BCUT2D eigenvalue weighted by Gasteiger charge is 2.43. The number of benzene rings is 3. The molecule has 0 unspecified atom stereocenters. The predicted octanol–water partition coefficient (Wildman–Crippen LogP) is 6.83. The molecule has 0 radical (unpaired) electrons. The Bertz CT molecular complexity index is 832. The van der Waals surface area contributed by atoms with E-state index >= 15 is 0 Å². The molecule has 3 rings (SSSR count). The van der Waals surface area contributed by atoms with Gasteiger partial charge in [0.1, 0.15) is 0 Å². The molecule has 0 aliphatic rings. The highest BCUT2D eigenvalue weighted by atomic mass is 31.2. The fraction of sp³-hybridized carbons (Fsp3) is 0.250. The molecule has 0 aliphatic heterocycles. The lowest BCUT2D eigenvalue weighted by atomic mass is 9.85. The first-order valence-electron chi connectivity index (χ1n) is 9.73. The van der Waals surface area contributed by atoms with Gasteiger partial charge in [-0.1, -0.05) is 91.0 Å². The average molecular weight is 394 g/mol. The van der Waals surface area contributed by atoms with Crippen LogP contribution in [-0.4, -0.2) is 13.2 Å². The highest BCUT2D eigenvalue weighted by molar-refractivity contribution is 7.54. The second kappa shape index (κ2) is 9.84. The molecule has 0 fully saturated rings. The minimum Gasteiger partial charge on any atom is -0.308 e. The van der Waals surface area contributed by atoms with Gasteiger partial charge < -0.3 is 9.05 Å². The highest BCUT2D eigenvalue weighted by Crippen LogP contribution is 2.66. The van der Waals surface area contributed by atoms with Crippen LogP contribution in [0.5, 0.6) is 0 Å². The largest absolute Gasteiger partial charge is 0.339 e. The van der Waals surface area contributed by atoms with Gasteiger partial charge in [-0.05, 0) is 30.5 Å². The third-order valence-electron chi connectivity index (χ3n) is 4.73. The first-order valence-corrected chi connectivity index (χ1v) is 11.3. The van der Waals surface area contributed by atoms with Crippen LogP contribution in [0, 0.1) is 0 Å². The van der Waals surface area contributed by atoms with Crippen LogP contribution in [0.2, 0.25) is 0 Å². The van der Waals surface area contributed by atoms with Crippen molar-refractivity contribution in [3.63, 3.8) is 0 Å². The van der Waals surface area contributed by atoms with Crippen molar-refractivity contribution in [3.8, 4) is 0 Å². The molecule has 0 heterocycles. The molecular formula is C24H27O3P. The van der Waals surface area contributed by atoms with E-state index < -0.39 is 13.3 Å². The Balaban J connectivity index is 2.24. The third kappa shape index (κ3) is 4.62. The van der Waals surface area contributed by atoms with Crippen LogP contribution in [0.25, 0.3) is 0 Å². The molecule has 4 heteroatoms. The van der Waals surface area contributed by atoms with E-state index in [2.05, 4.69) is 24.3 Å². The Hall–Kier alpha value is -2.19. The first-order chi connectivity index (χ1) is 13.7. The molecule has 0 saturated heterocycles. The van der Waals surface area contributed by atoms with Crippen LogP contribution >= 0.6 is 7.60 Å². The lowest BCUT2D eigenvalue weighted by Crippen LogP contribution is -2.17. The van der Waals surface area contributed by atoms with Gasteiger partial charge in [-0.2, -0.15) is 0 Å². The SMILES string of the molecule is CCOP(=O)(OCC)[C@H](c1ccccc1)C(c1ccccc1)c1ccccc1. The summed E-state index contributed by atoms with van der Waals surface area (Å²) in [4.78, 5) is 0. The number of hydrogen-bond acceptors (Lipinski definition) is 3. The predicted molar refractivity (Wildman–Crippen MR) is 115 cm³/mol. The molecule has 0 aromatic heterocycles. The minimum absolute atomic E-state index is 0.159. The van der Waals surface area contributed by atoms with E-state index in [0.717, 1.165) is 16.7 Å². The summed E-state index contributed by atoms with van der Waals surface area (Å²) in [6.07, 6.45) is 0. The van der Waals surface area contributed by atoms with Crippen molar-refractivity contribution in [2.45, 2.75) is 25.4 Å². The van der Waals surface area contributed by atoms with E-state index in [1.54, 1.807) is 0 Å². The van der Waals surface area contributed by atoms with Crippen molar-refractivity contribution in [2.24, 2.45) is 0 Å². The molecule has 3 aromatic rings. The van der Waals surface area contributed by atoms with E-state index in [0.29, 0.717) is 13.2 Å². The molecule has 0 bridgehead atoms. The Kier molecular flexibility index (Phi) is 7.22. The van der Waals surface area contributed by atoms with Gasteiger partial charge in [0.15, 0.2) is 0 Å². The maximum absolute atomic E-state index is 14.1. The van der Waals surface area contributed by atoms with E-state index in [4.69, 9.17) is 9.05 Å². The molecule has 0 spiro atoms. The van der Waals surface area contributed by atoms with Gasteiger partial charge in [-0.25, -0.2) is 0 Å². The van der Waals surface area contributed by atoms with Crippen LogP contribution < -0.4 is 0 Å². The smallest absolute Gasteiger partial charge is 0.308 e. The van der Waals surface area contributed by atoms with Crippen LogP contribution in [-0.2, 0) is 13.6 Å². The second-order valence-corrected chi connectivity index (χ2v) is 8.68. The lowest BCUT2D eigenvalue weighted by Gasteiger charge is -2.33. The maximum atomic E-state index is 14.1. The van der Waals surface area contributed by atoms with Gasteiger partial charge in [-0.3, -0.25) is 4.57 Å². The molecule has 146 valence electrons. The fourth-order valence-electron chi connectivity index (χ4n) is 3.64. The second-order valence-electron chi connectivity index (χ2n) is 6.53. The molecular weight excluding hydrogens is 367 g/mol. The van der Waals surface area contributed by atoms with Crippen LogP contribution in [0.4, 0.5) is 0 Å². The fourth-order valence-corrected chi connectivity index (χ4v) is 6.01. The summed E-state index contributed by atoms with van der Waals surface area (Å²) in [7, 11) is -3.44. The van der Waals surface area contributed by atoms with Crippen molar-refractivity contribution in [2.75, 3.05) is 13.2 Å². The van der Waals surface area contributed by atoms with E-state index in [1.807, 2.05) is 80.6 Å². The molecule has 3 nitrogen and oxygen atoms in total. The summed E-state index contributed by atoms with van der Waals surface area (Å²) in [6.45, 7) is 4.37. The molecule has 0 amide bonds.